The van der Waals surface area contributed by atoms with Crippen LogP contribution < -0.4 is 10.6 Å². The normalized spacial score (nSPS) is 20.6. The van der Waals surface area contributed by atoms with Gasteiger partial charge in [0.15, 0.2) is 0 Å². The Morgan fingerprint density at radius 2 is 2.28 bits per heavy atom. The number of nitrogens with one attached hydrogen (secondary N) is 2. The minimum Gasteiger partial charge on any atom is -0.444 e. The van der Waals surface area contributed by atoms with E-state index in [0.717, 1.165) is 15.6 Å². The maximum atomic E-state index is 12.5. The van der Waals surface area contributed by atoms with E-state index in [1.54, 1.807) is 27.0 Å². The number of thiophene rings is 1. The summed E-state index contributed by atoms with van der Waals surface area (Å²) in [6, 6.07) is 1.88. The van der Waals surface area contributed by atoms with Crippen LogP contribution in [-0.2, 0) is 16.0 Å². The molecule has 0 spiro atoms. The van der Waals surface area contributed by atoms with Gasteiger partial charge in [0, 0.05) is 24.5 Å². The molecule has 0 unspecified atom stereocenters. The molecule has 0 aromatic carbocycles. The van der Waals surface area contributed by atoms with Gasteiger partial charge < -0.3 is 15.4 Å². The number of pyridine rings is 1. The molecule has 0 bridgehead atoms. The highest BCUT2D eigenvalue weighted by atomic mass is 35.5. The molecule has 1 aliphatic heterocycles. The van der Waals surface area contributed by atoms with Crippen LogP contribution in [0.3, 0.4) is 0 Å². The van der Waals surface area contributed by atoms with Crippen molar-refractivity contribution in [3.05, 3.63) is 28.4 Å². The zero-order valence-corrected chi connectivity index (χ0v) is 15.9. The highest BCUT2D eigenvalue weighted by molar-refractivity contribution is 7.18. The summed E-state index contributed by atoms with van der Waals surface area (Å²) in [5.74, 6) is -0.196. The number of aromatic nitrogens is 1. The van der Waals surface area contributed by atoms with Crippen LogP contribution in [0.1, 0.15) is 32.8 Å². The predicted octanol–water partition coefficient (Wildman–Crippen LogP) is 3.28. The average molecular weight is 382 g/mol. The summed E-state index contributed by atoms with van der Waals surface area (Å²) >= 11 is 7.62. The fourth-order valence-corrected chi connectivity index (χ4v) is 4.18. The molecule has 1 saturated heterocycles. The lowest BCUT2D eigenvalue weighted by Crippen LogP contribution is -2.56. The van der Waals surface area contributed by atoms with Crippen LogP contribution in [0, 0.1) is 0 Å². The molecule has 1 aliphatic rings. The van der Waals surface area contributed by atoms with Crippen molar-refractivity contribution in [1.29, 1.82) is 0 Å². The first kappa shape index (κ1) is 17.9. The molecule has 6 nitrogen and oxygen atoms in total. The number of nitrogens with zero attached hydrogens (tertiary/aromatic N) is 1. The van der Waals surface area contributed by atoms with Crippen LogP contribution in [0.15, 0.2) is 17.6 Å². The van der Waals surface area contributed by atoms with Gasteiger partial charge in [-0.1, -0.05) is 11.6 Å². The first-order chi connectivity index (χ1) is 11.7. The zero-order valence-electron chi connectivity index (χ0n) is 14.3. The van der Waals surface area contributed by atoms with Crippen LogP contribution in [-0.4, -0.2) is 34.7 Å². The number of hydrogen-bond acceptors (Lipinski definition) is 5. The minimum atomic E-state index is -1.02. The molecule has 2 aromatic rings. The monoisotopic (exact) mass is 381 g/mol. The van der Waals surface area contributed by atoms with E-state index in [4.69, 9.17) is 16.3 Å². The second-order valence-electron chi connectivity index (χ2n) is 7.13. The van der Waals surface area contributed by atoms with Crippen molar-refractivity contribution in [2.75, 3.05) is 6.54 Å². The Balaban J connectivity index is 1.90. The molecular weight excluding hydrogens is 362 g/mol. The lowest BCUT2D eigenvalue weighted by molar-refractivity contribution is -0.124. The number of alkyl carbamates (subject to hydrolysis) is 1. The number of halogens is 1. The molecule has 8 heteroatoms. The molecule has 3 heterocycles. The maximum Gasteiger partial charge on any atom is 0.408 e. The fourth-order valence-electron chi connectivity index (χ4n) is 2.95. The van der Waals surface area contributed by atoms with Gasteiger partial charge in [-0.25, -0.2) is 9.78 Å². The van der Waals surface area contributed by atoms with Crippen LogP contribution in [0.5, 0.6) is 0 Å². The number of carbonyl (C=O) groups is 2. The Hall–Kier alpha value is -1.86. The third-order valence-electron chi connectivity index (χ3n) is 4.03. The van der Waals surface area contributed by atoms with Gasteiger partial charge >= 0.3 is 6.09 Å². The first-order valence-corrected chi connectivity index (χ1v) is 9.26. The second-order valence-corrected chi connectivity index (χ2v) is 8.37. The fraction of sp³-hybridized carbons (Fsp3) is 0.471. The summed E-state index contributed by atoms with van der Waals surface area (Å²) in [5.41, 5.74) is -0.696. The number of ether oxygens (including phenoxy) is 1. The molecule has 0 radical (unpaired) electrons. The van der Waals surface area contributed by atoms with Crippen LogP contribution >= 0.6 is 22.9 Å². The van der Waals surface area contributed by atoms with Crippen LogP contribution in [0.2, 0.25) is 5.15 Å². The van der Waals surface area contributed by atoms with Gasteiger partial charge in [-0.2, -0.15) is 0 Å². The van der Waals surface area contributed by atoms with Crippen molar-refractivity contribution in [2.24, 2.45) is 0 Å². The van der Waals surface area contributed by atoms with E-state index >= 15 is 0 Å². The SMILES string of the molecule is CC(C)(C)OC(=O)N[C@@]1(Cc2csc3c(Cl)nccc23)CCNC1=O. The minimum absolute atomic E-state index is 0.196. The Kier molecular flexibility index (Phi) is 4.64. The van der Waals surface area contributed by atoms with Gasteiger partial charge in [0.1, 0.15) is 16.3 Å². The topological polar surface area (TPSA) is 80.3 Å². The van der Waals surface area contributed by atoms with Crippen molar-refractivity contribution < 1.29 is 14.3 Å². The third-order valence-corrected chi connectivity index (χ3v) is 5.48. The maximum absolute atomic E-state index is 12.5. The predicted molar refractivity (Wildman–Crippen MR) is 98.1 cm³/mol. The van der Waals surface area contributed by atoms with Crippen LogP contribution in [0.25, 0.3) is 10.1 Å². The van der Waals surface area contributed by atoms with Gasteiger partial charge in [-0.05, 0) is 44.2 Å². The van der Waals surface area contributed by atoms with Crippen molar-refractivity contribution in [3.63, 3.8) is 0 Å². The van der Waals surface area contributed by atoms with Crippen molar-refractivity contribution >= 4 is 45.0 Å². The Labute approximate surface area is 154 Å². The lowest BCUT2D eigenvalue weighted by atomic mass is 9.89. The van der Waals surface area contributed by atoms with Crippen molar-refractivity contribution in [1.82, 2.24) is 15.6 Å². The van der Waals surface area contributed by atoms with Crippen molar-refractivity contribution in [2.45, 2.75) is 44.8 Å². The second kappa shape index (κ2) is 6.46. The molecule has 1 fully saturated rings. The number of rotatable bonds is 3. The number of hydrogen-bond donors (Lipinski definition) is 2. The number of fused-ring (bicyclic) bond motifs is 1. The molecule has 134 valence electrons. The Morgan fingerprint density at radius 1 is 1.52 bits per heavy atom. The average Bonchev–Trinajstić information content (AvgIpc) is 3.04. The molecule has 0 saturated carbocycles. The highest BCUT2D eigenvalue weighted by Gasteiger charge is 2.45. The summed E-state index contributed by atoms with van der Waals surface area (Å²) in [5, 5.41) is 8.96. The van der Waals surface area contributed by atoms with Gasteiger partial charge in [-0.3, -0.25) is 4.79 Å². The summed E-state index contributed by atoms with van der Waals surface area (Å²) < 4.78 is 6.22. The lowest BCUT2D eigenvalue weighted by Gasteiger charge is -2.29. The number of amides is 2. The standard InChI is InChI=1S/C17H20ClN3O3S/c1-16(2,3)24-15(23)21-17(5-7-20-14(17)22)8-10-9-25-12-11(10)4-6-19-13(12)18/h4,6,9H,5,7-8H2,1-3H3,(H,20,22)(H,21,23)/t17-/m1/s1. The van der Waals surface area contributed by atoms with E-state index < -0.39 is 17.2 Å². The molecule has 1 atom stereocenters. The van der Waals surface area contributed by atoms with E-state index in [9.17, 15) is 9.59 Å². The van der Waals surface area contributed by atoms with Gasteiger partial charge in [-0.15, -0.1) is 11.3 Å². The van der Waals surface area contributed by atoms with Gasteiger partial charge in [0.25, 0.3) is 0 Å². The van der Waals surface area contributed by atoms with Crippen LogP contribution in [0.4, 0.5) is 4.79 Å². The van der Waals surface area contributed by atoms with E-state index in [-0.39, 0.29) is 5.91 Å². The Bertz CT molecular complexity index is 830. The Morgan fingerprint density at radius 3 is 2.92 bits per heavy atom. The van der Waals surface area contributed by atoms with E-state index in [2.05, 4.69) is 15.6 Å². The first-order valence-electron chi connectivity index (χ1n) is 8.00. The molecule has 2 aromatic heterocycles. The quantitative estimate of drug-likeness (QED) is 0.799. The summed E-state index contributed by atoms with van der Waals surface area (Å²) in [6.45, 7) is 5.87. The zero-order chi connectivity index (χ0) is 18.2. The van der Waals surface area contributed by atoms with Gasteiger partial charge in [0.2, 0.25) is 5.91 Å². The van der Waals surface area contributed by atoms with E-state index in [1.807, 2.05) is 11.4 Å². The molecule has 2 amide bonds. The highest BCUT2D eigenvalue weighted by Crippen LogP contribution is 2.34. The summed E-state index contributed by atoms with van der Waals surface area (Å²) in [4.78, 5) is 28.9. The van der Waals surface area contributed by atoms with Gasteiger partial charge in [0.05, 0.1) is 4.70 Å². The molecule has 25 heavy (non-hydrogen) atoms. The smallest absolute Gasteiger partial charge is 0.408 e. The number of carbonyl (C=O) groups excluding carboxylic acids is 2. The van der Waals surface area contributed by atoms with Crippen molar-refractivity contribution in [3.8, 4) is 0 Å². The van der Waals surface area contributed by atoms with E-state index in [0.29, 0.717) is 24.5 Å². The largest absolute Gasteiger partial charge is 0.444 e. The molecule has 3 rings (SSSR count). The van der Waals surface area contributed by atoms with E-state index in [1.165, 1.54) is 11.3 Å². The summed E-state index contributed by atoms with van der Waals surface area (Å²) in [6.07, 6.45) is 1.92. The molecule has 2 N–H and O–H groups in total. The summed E-state index contributed by atoms with van der Waals surface area (Å²) in [7, 11) is 0. The molecule has 0 aliphatic carbocycles. The molecular formula is C17H20ClN3O3S. The third kappa shape index (κ3) is 3.72.